The smallest absolute Gasteiger partial charge is 0.350 e. The Morgan fingerprint density at radius 2 is 2.04 bits per heavy atom. The molecule has 0 aliphatic rings. The molecule has 0 unspecified atom stereocenters. The molecule has 0 radical (unpaired) electrons. The largest absolute Gasteiger partial charge is 0.462 e. The molecule has 0 spiro atoms. The number of carbonyl (C=O) groups excluding carboxylic acids is 1. The van der Waals surface area contributed by atoms with E-state index in [0.717, 1.165) is 11.3 Å². The zero-order valence-electron chi connectivity index (χ0n) is 13.5. The fourth-order valence-corrected chi connectivity index (χ4v) is 4.56. The van der Waals surface area contributed by atoms with Crippen LogP contribution in [0.1, 0.15) is 22.3 Å². The molecule has 25 heavy (non-hydrogen) atoms. The zero-order chi connectivity index (χ0) is 18.0. The van der Waals surface area contributed by atoms with Gasteiger partial charge in [-0.15, -0.1) is 0 Å². The van der Waals surface area contributed by atoms with Gasteiger partial charge in [0.05, 0.1) is 17.8 Å². The van der Waals surface area contributed by atoms with Gasteiger partial charge in [0.1, 0.15) is 9.77 Å². The normalized spacial score (nSPS) is 11.4. The van der Waals surface area contributed by atoms with Gasteiger partial charge < -0.3 is 4.74 Å². The first kappa shape index (κ1) is 17.3. The van der Waals surface area contributed by atoms with Crippen molar-refractivity contribution in [3.8, 4) is 0 Å². The SMILES string of the molecule is CCOC(=O)c1sc(NS(=O)(=O)c2cccc3cccnc23)nc1C. The standard InChI is InChI=1S/C16H15N3O4S2/c1-3-23-15(20)14-10(2)18-16(24-14)19-25(21,22)12-8-4-6-11-7-5-9-17-13(11)12/h4-9H,3H2,1-2H3,(H,18,19). The number of esters is 1. The van der Waals surface area contributed by atoms with Gasteiger partial charge in [-0.2, -0.15) is 0 Å². The summed E-state index contributed by atoms with van der Waals surface area (Å²) in [5.74, 6) is -0.519. The number of ether oxygens (including phenoxy) is 1. The maximum atomic E-state index is 12.7. The number of para-hydroxylation sites is 1. The maximum Gasteiger partial charge on any atom is 0.350 e. The Labute approximate surface area is 148 Å². The minimum absolute atomic E-state index is 0.0520. The average molecular weight is 377 g/mol. The fourth-order valence-electron chi connectivity index (χ4n) is 2.29. The Morgan fingerprint density at radius 3 is 2.80 bits per heavy atom. The van der Waals surface area contributed by atoms with Gasteiger partial charge in [0.2, 0.25) is 0 Å². The molecule has 1 N–H and O–H groups in total. The molecule has 9 heteroatoms. The van der Waals surface area contributed by atoms with E-state index in [1.807, 2.05) is 0 Å². The Morgan fingerprint density at radius 1 is 1.28 bits per heavy atom. The summed E-state index contributed by atoms with van der Waals surface area (Å²) in [4.78, 5) is 20.4. The number of rotatable bonds is 5. The maximum absolute atomic E-state index is 12.7. The third-order valence-corrected chi connectivity index (χ3v) is 5.92. The van der Waals surface area contributed by atoms with Gasteiger partial charge in [-0.1, -0.05) is 29.5 Å². The van der Waals surface area contributed by atoms with E-state index in [4.69, 9.17) is 4.74 Å². The number of aryl methyl sites for hydroxylation is 1. The predicted molar refractivity (Wildman–Crippen MR) is 95.4 cm³/mol. The number of anilines is 1. The molecule has 130 valence electrons. The van der Waals surface area contributed by atoms with Crippen molar-refractivity contribution < 1.29 is 17.9 Å². The highest BCUT2D eigenvalue weighted by Gasteiger charge is 2.22. The average Bonchev–Trinajstić information content (AvgIpc) is 2.94. The van der Waals surface area contributed by atoms with Crippen molar-refractivity contribution in [1.29, 1.82) is 0 Å². The summed E-state index contributed by atoms with van der Waals surface area (Å²) in [7, 11) is -3.90. The Bertz CT molecular complexity index is 1040. The van der Waals surface area contributed by atoms with Crippen LogP contribution in [0.4, 0.5) is 5.13 Å². The molecular weight excluding hydrogens is 362 g/mol. The van der Waals surface area contributed by atoms with Crippen LogP contribution in [-0.4, -0.2) is 31.0 Å². The molecule has 0 fully saturated rings. The van der Waals surface area contributed by atoms with Gasteiger partial charge >= 0.3 is 5.97 Å². The molecule has 2 heterocycles. The molecule has 0 aliphatic heterocycles. The summed E-state index contributed by atoms with van der Waals surface area (Å²) in [6.07, 6.45) is 1.54. The minimum Gasteiger partial charge on any atom is -0.462 e. The van der Waals surface area contributed by atoms with Crippen LogP contribution >= 0.6 is 11.3 Å². The van der Waals surface area contributed by atoms with Crippen LogP contribution in [0.15, 0.2) is 41.4 Å². The van der Waals surface area contributed by atoms with E-state index in [1.54, 1.807) is 38.1 Å². The lowest BCUT2D eigenvalue weighted by Crippen LogP contribution is -2.13. The third kappa shape index (κ3) is 3.47. The van der Waals surface area contributed by atoms with E-state index in [9.17, 15) is 13.2 Å². The van der Waals surface area contributed by atoms with Crippen molar-refractivity contribution in [3.63, 3.8) is 0 Å². The Kier molecular flexibility index (Phi) is 4.69. The summed E-state index contributed by atoms with van der Waals surface area (Å²) >= 11 is 0.938. The van der Waals surface area contributed by atoms with Crippen LogP contribution in [0.5, 0.6) is 0 Å². The summed E-state index contributed by atoms with van der Waals surface area (Å²) in [6.45, 7) is 3.56. The molecule has 1 aromatic carbocycles. The lowest BCUT2D eigenvalue weighted by Gasteiger charge is -2.07. The van der Waals surface area contributed by atoms with E-state index in [-0.39, 0.29) is 21.5 Å². The second kappa shape index (κ2) is 6.77. The van der Waals surface area contributed by atoms with Gasteiger partial charge in [0.15, 0.2) is 5.13 Å². The number of thiazole rings is 1. The number of aromatic nitrogens is 2. The van der Waals surface area contributed by atoms with Crippen LogP contribution in [0.2, 0.25) is 0 Å². The molecule has 3 aromatic rings. The highest BCUT2D eigenvalue weighted by molar-refractivity contribution is 7.93. The number of carbonyl (C=O) groups is 1. The van der Waals surface area contributed by atoms with Gasteiger partial charge in [-0.3, -0.25) is 9.71 Å². The fraction of sp³-hybridized carbons (Fsp3) is 0.188. The number of nitrogens with one attached hydrogen (secondary N) is 1. The Balaban J connectivity index is 1.97. The van der Waals surface area contributed by atoms with Crippen molar-refractivity contribution in [2.75, 3.05) is 11.3 Å². The van der Waals surface area contributed by atoms with Crippen LogP contribution in [-0.2, 0) is 14.8 Å². The summed E-state index contributed by atoms with van der Waals surface area (Å²) in [5, 5.41) is 0.821. The quantitative estimate of drug-likeness (QED) is 0.687. The zero-order valence-corrected chi connectivity index (χ0v) is 15.1. The molecule has 7 nitrogen and oxygen atoms in total. The number of nitrogens with zero attached hydrogens (tertiary/aromatic N) is 2. The van der Waals surface area contributed by atoms with Gasteiger partial charge in [0, 0.05) is 11.6 Å². The predicted octanol–water partition coefficient (Wildman–Crippen LogP) is 2.98. The second-order valence-corrected chi connectivity index (χ2v) is 7.74. The summed E-state index contributed by atoms with van der Waals surface area (Å²) in [5.41, 5.74) is 0.786. The first-order valence-electron chi connectivity index (χ1n) is 7.43. The minimum atomic E-state index is -3.90. The Hall–Kier alpha value is -2.52. The van der Waals surface area contributed by atoms with Crippen LogP contribution in [0, 0.1) is 6.92 Å². The number of hydrogen-bond acceptors (Lipinski definition) is 7. The van der Waals surface area contributed by atoms with E-state index in [1.165, 1.54) is 12.3 Å². The lowest BCUT2D eigenvalue weighted by molar-refractivity contribution is 0.0531. The summed E-state index contributed by atoms with van der Waals surface area (Å²) < 4.78 is 32.8. The van der Waals surface area contributed by atoms with Crippen LogP contribution in [0.25, 0.3) is 10.9 Å². The number of pyridine rings is 1. The van der Waals surface area contributed by atoms with E-state index in [0.29, 0.717) is 16.6 Å². The van der Waals surface area contributed by atoms with E-state index in [2.05, 4.69) is 14.7 Å². The number of sulfonamides is 1. The lowest BCUT2D eigenvalue weighted by atomic mass is 10.2. The first-order chi connectivity index (χ1) is 11.9. The highest BCUT2D eigenvalue weighted by Crippen LogP contribution is 2.27. The van der Waals surface area contributed by atoms with Gasteiger partial charge in [-0.25, -0.2) is 18.2 Å². The van der Waals surface area contributed by atoms with E-state index < -0.39 is 16.0 Å². The van der Waals surface area contributed by atoms with Gasteiger partial charge in [-0.05, 0) is 26.0 Å². The number of fused-ring (bicyclic) bond motifs is 1. The molecule has 0 bridgehead atoms. The van der Waals surface area contributed by atoms with Crippen LogP contribution < -0.4 is 4.72 Å². The topological polar surface area (TPSA) is 98.2 Å². The van der Waals surface area contributed by atoms with Crippen molar-refractivity contribution in [2.45, 2.75) is 18.7 Å². The molecule has 0 amide bonds. The molecule has 0 saturated heterocycles. The van der Waals surface area contributed by atoms with Crippen molar-refractivity contribution in [1.82, 2.24) is 9.97 Å². The molecular formula is C16H15N3O4S2. The third-order valence-electron chi connectivity index (χ3n) is 3.36. The molecule has 0 atom stereocenters. The van der Waals surface area contributed by atoms with Gasteiger partial charge in [0.25, 0.3) is 10.0 Å². The van der Waals surface area contributed by atoms with Crippen molar-refractivity contribution >= 4 is 43.4 Å². The van der Waals surface area contributed by atoms with Crippen molar-refractivity contribution in [3.05, 3.63) is 47.1 Å². The number of benzene rings is 1. The number of hydrogen-bond donors (Lipinski definition) is 1. The highest BCUT2D eigenvalue weighted by atomic mass is 32.2. The van der Waals surface area contributed by atoms with Crippen LogP contribution in [0.3, 0.4) is 0 Å². The molecule has 0 saturated carbocycles. The van der Waals surface area contributed by atoms with E-state index >= 15 is 0 Å². The summed E-state index contributed by atoms with van der Waals surface area (Å²) in [6, 6.07) is 8.43. The van der Waals surface area contributed by atoms with Crippen molar-refractivity contribution in [2.24, 2.45) is 0 Å². The second-order valence-electron chi connectivity index (χ2n) is 5.09. The first-order valence-corrected chi connectivity index (χ1v) is 9.73. The molecule has 2 aromatic heterocycles. The molecule has 3 rings (SSSR count). The monoisotopic (exact) mass is 377 g/mol. The molecule has 0 aliphatic carbocycles.